The molecule has 0 aliphatic carbocycles. The summed E-state index contributed by atoms with van der Waals surface area (Å²) in [5.41, 5.74) is -1.34. The van der Waals surface area contributed by atoms with Crippen LogP contribution in [0.5, 0.6) is 0 Å². The molecular weight excluding hydrogens is 242 g/mol. The molecule has 0 aromatic carbocycles. The minimum atomic E-state index is -0.841. The van der Waals surface area contributed by atoms with Gasteiger partial charge in [-0.25, -0.2) is 4.79 Å². The van der Waals surface area contributed by atoms with Crippen molar-refractivity contribution in [1.82, 2.24) is 4.90 Å². The number of thioether (sulfide) groups is 1. The van der Waals surface area contributed by atoms with Gasteiger partial charge in [-0.2, -0.15) is 11.8 Å². The molecule has 0 radical (unpaired) electrons. The summed E-state index contributed by atoms with van der Waals surface area (Å²) >= 11 is 1.48. The van der Waals surface area contributed by atoms with Gasteiger partial charge in [0.2, 0.25) is 0 Å². The molecule has 0 saturated carbocycles. The molecule has 6 heteroatoms. The van der Waals surface area contributed by atoms with Gasteiger partial charge in [-0.05, 0) is 27.0 Å². The van der Waals surface area contributed by atoms with E-state index in [9.17, 15) is 9.59 Å². The monoisotopic (exact) mass is 261 g/mol. The average Bonchev–Trinajstić information content (AvgIpc) is 2.06. The molecule has 0 bridgehead atoms. The highest BCUT2D eigenvalue weighted by Gasteiger charge is 2.51. The lowest BCUT2D eigenvalue weighted by Crippen LogP contribution is -2.64. The van der Waals surface area contributed by atoms with Crippen molar-refractivity contribution in [2.24, 2.45) is 5.41 Å². The number of carboxylic acid groups (broad SMARTS) is 1. The molecule has 0 spiro atoms. The zero-order chi connectivity index (χ0) is 13.3. The minimum Gasteiger partial charge on any atom is -0.481 e. The summed E-state index contributed by atoms with van der Waals surface area (Å²) in [4.78, 5) is 24.3. The van der Waals surface area contributed by atoms with Crippen LogP contribution in [-0.4, -0.2) is 52.8 Å². The molecule has 0 atom stereocenters. The molecule has 1 fully saturated rings. The van der Waals surface area contributed by atoms with Crippen molar-refractivity contribution < 1.29 is 19.4 Å². The Hall–Kier alpha value is -0.910. The van der Waals surface area contributed by atoms with Crippen molar-refractivity contribution in [3.8, 4) is 0 Å². The Morgan fingerprint density at radius 3 is 2.29 bits per heavy atom. The van der Waals surface area contributed by atoms with Gasteiger partial charge in [0.1, 0.15) is 11.0 Å². The number of aliphatic carboxylic acids is 1. The van der Waals surface area contributed by atoms with Gasteiger partial charge in [-0.3, -0.25) is 4.79 Å². The summed E-state index contributed by atoms with van der Waals surface area (Å²) in [6, 6.07) is 0. The normalized spacial score (nSPS) is 18.5. The lowest BCUT2D eigenvalue weighted by molar-refractivity contribution is -0.156. The molecule has 5 nitrogen and oxygen atoms in total. The topological polar surface area (TPSA) is 66.8 Å². The maximum absolute atomic E-state index is 11.7. The maximum atomic E-state index is 11.7. The van der Waals surface area contributed by atoms with Crippen molar-refractivity contribution in [2.45, 2.75) is 26.4 Å². The second-order valence-electron chi connectivity index (χ2n) is 5.35. The molecule has 98 valence electrons. The first-order chi connectivity index (χ1) is 7.70. The van der Waals surface area contributed by atoms with E-state index in [1.54, 1.807) is 20.8 Å². The quantitative estimate of drug-likeness (QED) is 0.837. The van der Waals surface area contributed by atoms with E-state index < -0.39 is 23.1 Å². The second-order valence-corrected chi connectivity index (χ2v) is 6.22. The van der Waals surface area contributed by atoms with Gasteiger partial charge in [0, 0.05) is 18.8 Å². The highest BCUT2D eigenvalue weighted by Crippen LogP contribution is 2.34. The Labute approximate surface area is 105 Å². The number of likely N-dealkylation sites (tertiary alicyclic amines) is 1. The fraction of sp³-hybridized carbons (Fsp3) is 0.818. The van der Waals surface area contributed by atoms with Crippen molar-refractivity contribution >= 4 is 23.8 Å². The number of ether oxygens (including phenoxy) is 1. The first-order valence-electron chi connectivity index (χ1n) is 5.40. The SMILES string of the molecule is CSCC1(C(=O)O)CN(C(=O)OC(C)(C)C)C1. The van der Waals surface area contributed by atoms with Gasteiger partial charge in [0.15, 0.2) is 0 Å². The van der Waals surface area contributed by atoms with Crippen LogP contribution in [0.2, 0.25) is 0 Å². The van der Waals surface area contributed by atoms with Crippen molar-refractivity contribution in [3.05, 3.63) is 0 Å². The minimum absolute atomic E-state index is 0.234. The maximum Gasteiger partial charge on any atom is 0.410 e. The zero-order valence-electron chi connectivity index (χ0n) is 10.6. The Morgan fingerprint density at radius 1 is 1.41 bits per heavy atom. The third-order valence-corrected chi connectivity index (χ3v) is 3.35. The Bertz CT molecular complexity index is 318. The highest BCUT2D eigenvalue weighted by atomic mass is 32.2. The highest BCUT2D eigenvalue weighted by molar-refractivity contribution is 7.98. The van der Waals surface area contributed by atoms with Crippen LogP contribution in [-0.2, 0) is 9.53 Å². The molecule has 17 heavy (non-hydrogen) atoms. The van der Waals surface area contributed by atoms with E-state index in [-0.39, 0.29) is 13.1 Å². The Kier molecular flexibility index (Phi) is 3.96. The first kappa shape index (κ1) is 14.2. The van der Waals surface area contributed by atoms with Crippen molar-refractivity contribution in [2.75, 3.05) is 25.1 Å². The van der Waals surface area contributed by atoms with Crippen LogP contribution in [0.25, 0.3) is 0 Å². The van der Waals surface area contributed by atoms with Crippen LogP contribution in [0.15, 0.2) is 0 Å². The summed E-state index contributed by atoms with van der Waals surface area (Å²) in [7, 11) is 0. The van der Waals surface area contributed by atoms with Crippen LogP contribution >= 0.6 is 11.8 Å². The standard InChI is InChI=1S/C11H19NO4S/c1-10(2,3)16-9(15)12-5-11(6-12,7-17-4)8(13)14/h5-7H2,1-4H3,(H,13,14). The molecule has 1 heterocycles. The zero-order valence-corrected chi connectivity index (χ0v) is 11.5. The van der Waals surface area contributed by atoms with Crippen LogP contribution in [0.4, 0.5) is 4.79 Å². The number of amides is 1. The number of rotatable bonds is 3. The third kappa shape index (κ3) is 3.28. The van der Waals surface area contributed by atoms with Gasteiger partial charge in [0.25, 0.3) is 0 Å². The van der Waals surface area contributed by atoms with Crippen LogP contribution < -0.4 is 0 Å². The Balaban J connectivity index is 2.54. The third-order valence-electron chi connectivity index (χ3n) is 2.51. The smallest absolute Gasteiger partial charge is 0.410 e. The van der Waals surface area contributed by atoms with E-state index in [0.29, 0.717) is 5.75 Å². The predicted octanol–water partition coefficient (Wildman–Crippen LogP) is 1.67. The Morgan fingerprint density at radius 2 is 1.94 bits per heavy atom. The molecule has 1 N–H and O–H groups in total. The fourth-order valence-corrected chi connectivity index (χ4v) is 2.56. The summed E-state index contributed by atoms with van der Waals surface area (Å²) < 4.78 is 5.18. The summed E-state index contributed by atoms with van der Waals surface area (Å²) in [5.74, 6) is -0.326. The summed E-state index contributed by atoms with van der Waals surface area (Å²) in [6.45, 7) is 5.83. The molecule has 1 saturated heterocycles. The molecule has 0 unspecified atom stereocenters. The summed E-state index contributed by atoms with van der Waals surface area (Å²) in [5, 5.41) is 9.15. The van der Waals surface area contributed by atoms with E-state index in [1.807, 2.05) is 6.26 Å². The lowest BCUT2D eigenvalue weighted by atomic mass is 9.82. The average molecular weight is 261 g/mol. The first-order valence-corrected chi connectivity index (χ1v) is 6.80. The largest absolute Gasteiger partial charge is 0.481 e. The van der Waals surface area contributed by atoms with Crippen LogP contribution in [0.1, 0.15) is 20.8 Å². The van der Waals surface area contributed by atoms with Crippen LogP contribution in [0, 0.1) is 5.41 Å². The number of nitrogens with zero attached hydrogens (tertiary/aromatic N) is 1. The number of carboxylic acids is 1. The van der Waals surface area contributed by atoms with Gasteiger partial charge >= 0.3 is 12.1 Å². The number of carbonyl (C=O) groups excluding carboxylic acids is 1. The molecule has 1 amide bonds. The van der Waals surface area contributed by atoms with E-state index in [4.69, 9.17) is 9.84 Å². The van der Waals surface area contributed by atoms with E-state index in [0.717, 1.165) is 0 Å². The number of hydrogen-bond donors (Lipinski definition) is 1. The number of carbonyl (C=O) groups is 2. The second kappa shape index (κ2) is 4.76. The molecule has 0 aromatic heterocycles. The van der Waals surface area contributed by atoms with Gasteiger partial charge in [0.05, 0.1) is 0 Å². The lowest BCUT2D eigenvalue weighted by Gasteiger charge is -2.46. The van der Waals surface area contributed by atoms with Crippen molar-refractivity contribution in [1.29, 1.82) is 0 Å². The summed E-state index contributed by atoms with van der Waals surface area (Å²) in [6.07, 6.45) is 1.43. The van der Waals surface area contributed by atoms with Gasteiger partial charge in [-0.15, -0.1) is 0 Å². The molecular formula is C11H19NO4S. The molecule has 1 aliphatic heterocycles. The van der Waals surface area contributed by atoms with E-state index in [2.05, 4.69) is 0 Å². The predicted molar refractivity (Wildman–Crippen MR) is 66.3 cm³/mol. The fourth-order valence-electron chi connectivity index (χ4n) is 1.70. The van der Waals surface area contributed by atoms with Crippen molar-refractivity contribution in [3.63, 3.8) is 0 Å². The van der Waals surface area contributed by atoms with E-state index >= 15 is 0 Å². The molecule has 1 aliphatic rings. The number of hydrogen-bond acceptors (Lipinski definition) is 4. The van der Waals surface area contributed by atoms with Crippen LogP contribution in [0.3, 0.4) is 0 Å². The molecule has 0 aromatic rings. The molecule has 1 rings (SSSR count). The van der Waals surface area contributed by atoms with Gasteiger partial charge in [-0.1, -0.05) is 0 Å². The van der Waals surface area contributed by atoms with E-state index in [1.165, 1.54) is 16.7 Å². The van der Waals surface area contributed by atoms with Gasteiger partial charge < -0.3 is 14.7 Å².